The predicted molar refractivity (Wildman–Crippen MR) is 38.5 cm³/mol. The quantitative estimate of drug-likeness (QED) is 0.474. The second kappa shape index (κ2) is 2.97. The molecule has 0 aromatic rings. The summed E-state index contributed by atoms with van der Waals surface area (Å²) >= 11 is 0. The van der Waals surface area contributed by atoms with Gasteiger partial charge in [-0.25, -0.2) is 9.59 Å². The first-order valence-corrected chi connectivity index (χ1v) is 3.60. The highest BCUT2D eigenvalue weighted by Gasteiger charge is 2.56. The van der Waals surface area contributed by atoms with Gasteiger partial charge in [-0.3, -0.25) is 0 Å². The fourth-order valence-electron chi connectivity index (χ4n) is 1.08. The van der Waals surface area contributed by atoms with E-state index in [1.807, 2.05) is 0 Å². The van der Waals surface area contributed by atoms with Gasteiger partial charge in [0.2, 0.25) is 6.10 Å². The van der Waals surface area contributed by atoms with E-state index in [2.05, 4.69) is 9.47 Å². The van der Waals surface area contributed by atoms with Crippen LogP contribution >= 0.6 is 0 Å². The Bertz CT molecular complexity index is 245. The number of aliphatic hydroxyl groups excluding tert-OH is 1. The zero-order valence-corrected chi connectivity index (χ0v) is 7.18. The molecular formula is C7H10O6. The molecule has 0 radical (unpaired) electrons. The summed E-state index contributed by atoms with van der Waals surface area (Å²) in [6.45, 7) is 1.13. The minimum atomic E-state index is -1.93. The molecule has 0 aliphatic carbocycles. The van der Waals surface area contributed by atoms with Gasteiger partial charge < -0.3 is 19.7 Å². The predicted octanol–water partition coefficient (Wildman–Crippen LogP) is -1.80. The molecule has 1 heterocycles. The van der Waals surface area contributed by atoms with Crippen molar-refractivity contribution in [1.82, 2.24) is 0 Å². The summed E-state index contributed by atoms with van der Waals surface area (Å²) in [6.07, 6.45) is -3.17. The van der Waals surface area contributed by atoms with Crippen LogP contribution in [0.5, 0.6) is 0 Å². The van der Waals surface area contributed by atoms with Crippen LogP contribution in [-0.2, 0) is 19.1 Å². The third kappa shape index (κ3) is 1.38. The van der Waals surface area contributed by atoms with E-state index in [1.54, 1.807) is 0 Å². The maximum atomic E-state index is 11.0. The number of methoxy groups -OCH3 is 1. The molecule has 13 heavy (non-hydrogen) atoms. The summed E-state index contributed by atoms with van der Waals surface area (Å²) < 4.78 is 8.71. The van der Waals surface area contributed by atoms with E-state index in [-0.39, 0.29) is 0 Å². The fraction of sp³-hybridized carbons (Fsp3) is 0.714. The molecule has 1 saturated heterocycles. The maximum absolute atomic E-state index is 11.0. The number of esters is 2. The Morgan fingerprint density at radius 3 is 2.54 bits per heavy atom. The van der Waals surface area contributed by atoms with E-state index >= 15 is 0 Å². The van der Waals surface area contributed by atoms with Crippen LogP contribution in [0.1, 0.15) is 6.92 Å². The average molecular weight is 190 g/mol. The molecule has 0 aromatic heterocycles. The molecule has 74 valence electrons. The van der Waals surface area contributed by atoms with E-state index in [9.17, 15) is 14.7 Å². The molecule has 1 fully saturated rings. The summed E-state index contributed by atoms with van der Waals surface area (Å²) in [5.41, 5.74) is -1.93. The van der Waals surface area contributed by atoms with Crippen LogP contribution in [0, 0.1) is 0 Å². The molecule has 0 aromatic carbocycles. The van der Waals surface area contributed by atoms with Gasteiger partial charge in [0.15, 0.2) is 6.10 Å². The first kappa shape index (κ1) is 9.94. The van der Waals surface area contributed by atoms with Crippen molar-refractivity contribution in [3.8, 4) is 0 Å². The van der Waals surface area contributed by atoms with Crippen LogP contribution in [0.15, 0.2) is 0 Å². The highest BCUT2D eigenvalue weighted by Crippen LogP contribution is 2.27. The minimum absolute atomic E-state index is 0.894. The Hall–Kier alpha value is -1.14. The van der Waals surface area contributed by atoms with Gasteiger partial charge in [-0.1, -0.05) is 0 Å². The number of aliphatic hydroxyl groups is 2. The van der Waals surface area contributed by atoms with Crippen LogP contribution in [0.3, 0.4) is 0 Å². The van der Waals surface area contributed by atoms with Crippen LogP contribution in [-0.4, -0.2) is 47.1 Å². The topological polar surface area (TPSA) is 93.1 Å². The summed E-state index contributed by atoms with van der Waals surface area (Å²) in [6, 6.07) is 0. The van der Waals surface area contributed by atoms with E-state index < -0.39 is 29.7 Å². The molecule has 1 aliphatic rings. The standard InChI is InChI=1S/C7H10O6/c1-7(11)3(8)5(9)13-4(7)6(10)12-2/h3-4,8,11H,1-2H3/t3-,4-,7-/m0/s1. The molecule has 6 heteroatoms. The van der Waals surface area contributed by atoms with Crippen molar-refractivity contribution in [3.05, 3.63) is 0 Å². The number of rotatable bonds is 1. The molecule has 2 N–H and O–H groups in total. The first-order chi connectivity index (χ1) is 5.91. The highest BCUT2D eigenvalue weighted by atomic mass is 16.6. The van der Waals surface area contributed by atoms with Gasteiger partial charge in [-0.2, -0.15) is 0 Å². The third-order valence-corrected chi connectivity index (χ3v) is 1.96. The summed E-state index contributed by atoms with van der Waals surface area (Å²) in [4.78, 5) is 21.7. The Morgan fingerprint density at radius 2 is 2.23 bits per heavy atom. The van der Waals surface area contributed by atoms with Gasteiger partial charge in [0.1, 0.15) is 5.60 Å². The van der Waals surface area contributed by atoms with Crippen LogP contribution in [0.2, 0.25) is 0 Å². The maximum Gasteiger partial charge on any atom is 0.350 e. The third-order valence-electron chi connectivity index (χ3n) is 1.96. The summed E-state index contributed by atoms with van der Waals surface area (Å²) in [7, 11) is 1.09. The van der Waals surface area contributed by atoms with Crippen LogP contribution in [0.25, 0.3) is 0 Å². The Labute approximate surface area is 74.1 Å². The van der Waals surface area contributed by atoms with Crippen molar-refractivity contribution in [2.75, 3.05) is 7.11 Å². The van der Waals surface area contributed by atoms with Crippen molar-refractivity contribution in [3.63, 3.8) is 0 Å². The molecule has 0 spiro atoms. The largest absolute Gasteiger partial charge is 0.466 e. The van der Waals surface area contributed by atoms with Crippen molar-refractivity contribution >= 4 is 11.9 Å². The summed E-state index contributed by atoms with van der Waals surface area (Å²) in [5.74, 6) is -1.92. The average Bonchev–Trinajstić information content (AvgIpc) is 2.28. The second-order valence-corrected chi connectivity index (χ2v) is 2.97. The van der Waals surface area contributed by atoms with E-state index in [1.165, 1.54) is 0 Å². The number of hydrogen-bond donors (Lipinski definition) is 2. The van der Waals surface area contributed by atoms with Gasteiger partial charge in [-0.15, -0.1) is 0 Å². The molecular weight excluding hydrogens is 180 g/mol. The van der Waals surface area contributed by atoms with E-state index in [0.717, 1.165) is 14.0 Å². The smallest absolute Gasteiger partial charge is 0.350 e. The van der Waals surface area contributed by atoms with E-state index in [4.69, 9.17) is 5.11 Å². The van der Waals surface area contributed by atoms with Crippen LogP contribution < -0.4 is 0 Å². The number of carbonyl (C=O) groups is 2. The lowest BCUT2D eigenvalue weighted by atomic mass is 9.95. The van der Waals surface area contributed by atoms with Crippen molar-refractivity contribution in [1.29, 1.82) is 0 Å². The number of hydrogen-bond acceptors (Lipinski definition) is 6. The van der Waals surface area contributed by atoms with Gasteiger partial charge in [0.05, 0.1) is 7.11 Å². The van der Waals surface area contributed by atoms with Crippen LogP contribution in [0.4, 0.5) is 0 Å². The molecule has 0 bridgehead atoms. The molecule has 1 aliphatic heterocycles. The van der Waals surface area contributed by atoms with Crippen molar-refractivity contribution in [2.45, 2.75) is 24.7 Å². The zero-order chi connectivity index (χ0) is 10.2. The molecule has 0 amide bonds. The summed E-state index contributed by atoms with van der Waals surface area (Å²) in [5, 5.41) is 18.6. The number of cyclic esters (lactones) is 1. The molecule has 0 unspecified atom stereocenters. The van der Waals surface area contributed by atoms with Crippen molar-refractivity contribution < 1.29 is 29.3 Å². The Balaban J connectivity index is 2.90. The lowest BCUT2D eigenvalue weighted by Gasteiger charge is -2.21. The van der Waals surface area contributed by atoms with Gasteiger partial charge in [0, 0.05) is 0 Å². The zero-order valence-electron chi connectivity index (χ0n) is 7.18. The highest BCUT2D eigenvalue weighted by molar-refractivity contribution is 5.88. The van der Waals surface area contributed by atoms with E-state index in [0.29, 0.717) is 0 Å². The number of ether oxygens (including phenoxy) is 2. The monoisotopic (exact) mass is 190 g/mol. The molecule has 3 atom stereocenters. The minimum Gasteiger partial charge on any atom is -0.466 e. The normalized spacial score (nSPS) is 38.6. The molecule has 0 saturated carbocycles. The molecule has 1 rings (SSSR count). The lowest BCUT2D eigenvalue weighted by molar-refractivity contribution is -0.166. The fourth-order valence-corrected chi connectivity index (χ4v) is 1.08. The lowest BCUT2D eigenvalue weighted by Crippen LogP contribution is -2.48. The Morgan fingerprint density at radius 1 is 1.69 bits per heavy atom. The SMILES string of the molecule is COC(=O)[C@@H]1OC(=O)[C@H](O)[C@]1(C)O. The Kier molecular flexibility index (Phi) is 2.27. The second-order valence-electron chi connectivity index (χ2n) is 2.97. The van der Waals surface area contributed by atoms with Gasteiger partial charge >= 0.3 is 11.9 Å². The van der Waals surface area contributed by atoms with Crippen molar-refractivity contribution in [2.24, 2.45) is 0 Å². The van der Waals surface area contributed by atoms with Gasteiger partial charge in [0.25, 0.3) is 0 Å². The molecule has 6 nitrogen and oxygen atoms in total. The van der Waals surface area contributed by atoms with Gasteiger partial charge in [-0.05, 0) is 6.92 Å². The first-order valence-electron chi connectivity index (χ1n) is 3.60. The number of carbonyl (C=O) groups excluding carboxylic acids is 2.